The highest BCUT2D eigenvalue weighted by Crippen LogP contribution is 2.25. The number of rotatable bonds is 6. The zero-order valence-corrected chi connectivity index (χ0v) is 14.0. The van der Waals surface area contributed by atoms with Crippen molar-refractivity contribution in [1.29, 1.82) is 0 Å². The number of hydrogen-bond acceptors (Lipinski definition) is 5. The maximum absolute atomic E-state index is 12.7. The molecule has 1 aromatic heterocycles. The molecule has 0 radical (unpaired) electrons. The molecule has 0 bridgehead atoms. The summed E-state index contributed by atoms with van der Waals surface area (Å²) in [7, 11) is 3.95. The van der Waals surface area contributed by atoms with Gasteiger partial charge in [0, 0.05) is 13.1 Å². The number of amides is 1. The van der Waals surface area contributed by atoms with E-state index in [1.54, 1.807) is 6.26 Å². The van der Waals surface area contributed by atoms with Crippen LogP contribution >= 0.6 is 0 Å². The highest BCUT2D eigenvalue weighted by molar-refractivity contribution is 5.80. The first-order valence-electron chi connectivity index (χ1n) is 8.17. The third kappa shape index (κ3) is 3.67. The summed E-state index contributed by atoms with van der Waals surface area (Å²) >= 11 is 0. The number of carbonyl (C=O) groups excluding carboxylic acids is 1. The molecule has 2 heterocycles. The van der Waals surface area contributed by atoms with Crippen molar-refractivity contribution < 1.29 is 9.21 Å². The van der Waals surface area contributed by atoms with Crippen molar-refractivity contribution >= 4 is 5.91 Å². The number of nitrogens with one attached hydrogen (secondary N) is 3. The highest BCUT2D eigenvalue weighted by Gasteiger charge is 2.34. The molecule has 2 aromatic rings. The Morgan fingerprint density at radius 2 is 2.08 bits per heavy atom. The van der Waals surface area contributed by atoms with E-state index >= 15 is 0 Å². The van der Waals surface area contributed by atoms with E-state index in [-0.39, 0.29) is 23.9 Å². The third-order valence-electron chi connectivity index (χ3n) is 4.44. The Morgan fingerprint density at radius 3 is 2.75 bits per heavy atom. The first-order valence-corrected chi connectivity index (χ1v) is 8.17. The summed E-state index contributed by atoms with van der Waals surface area (Å²) in [5.74, 6) is 0.745. The van der Waals surface area contributed by atoms with Gasteiger partial charge in [0.15, 0.2) is 0 Å². The molecule has 0 saturated carbocycles. The van der Waals surface area contributed by atoms with Crippen LogP contribution in [0.25, 0.3) is 0 Å². The molecule has 3 unspecified atom stereocenters. The van der Waals surface area contributed by atoms with Crippen LogP contribution in [0.1, 0.15) is 23.4 Å². The van der Waals surface area contributed by atoms with Gasteiger partial charge in [-0.05, 0) is 31.8 Å². The van der Waals surface area contributed by atoms with Crippen molar-refractivity contribution in [2.24, 2.45) is 5.92 Å². The zero-order chi connectivity index (χ0) is 16.9. The molecule has 1 saturated heterocycles. The Labute approximate surface area is 142 Å². The lowest BCUT2D eigenvalue weighted by molar-refractivity contribution is -0.125. The standard InChI is InChI=1S/C18H24N4O2/c1-22(2)15(16-9-6-10-24-16)12-19-18(23)14-11-20-21-17(14)13-7-4-3-5-8-13/h3-10,14-15,17,20-21H,11-12H2,1-2H3,(H,19,23). The van der Waals surface area contributed by atoms with E-state index in [4.69, 9.17) is 4.42 Å². The van der Waals surface area contributed by atoms with Crippen LogP contribution in [-0.2, 0) is 4.79 Å². The number of benzene rings is 1. The van der Waals surface area contributed by atoms with Gasteiger partial charge in [-0.1, -0.05) is 30.3 Å². The zero-order valence-electron chi connectivity index (χ0n) is 14.0. The molecular weight excluding hydrogens is 304 g/mol. The van der Waals surface area contributed by atoms with Crippen molar-refractivity contribution in [1.82, 2.24) is 21.1 Å². The molecule has 0 spiro atoms. The molecule has 24 heavy (non-hydrogen) atoms. The predicted octanol–water partition coefficient (Wildman–Crippen LogP) is 1.46. The van der Waals surface area contributed by atoms with E-state index in [1.165, 1.54) is 0 Å². The first kappa shape index (κ1) is 16.7. The predicted molar refractivity (Wildman–Crippen MR) is 92.0 cm³/mol. The average molecular weight is 328 g/mol. The molecule has 3 atom stereocenters. The van der Waals surface area contributed by atoms with Gasteiger partial charge >= 0.3 is 0 Å². The second-order valence-corrected chi connectivity index (χ2v) is 6.26. The lowest BCUT2D eigenvalue weighted by Crippen LogP contribution is -2.39. The van der Waals surface area contributed by atoms with Crippen LogP contribution in [-0.4, -0.2) is 38.0 Å². The van der Waals surface area contributed by atoms with Gasteiger partial charge in [0.1, 0.15) is 5.76 Å². The van der Waals surface area contributed by atoms with Crippen LogP contribution in [0.2, 0.25) is 0 Å². The maximum Gasteiger partial charge on any atom is 0.226 e. The molecule has 1 aliphatic heterocycles. The van der Waals surface area contributed by atoms with Crippen molar-refractivity contribution in [2.45, 2.75) is 12.1 Å². The van der Waals surface area contributed by atoms with Crippen LogP contribution < -0.4 is 16.2 Å². The van der Waals surface area contributed by atoms with Crippen LogP contribution in [0.5, 0.6) is 0 Å². The number of hydrogen-bond donors (Lipinski definition) is 3. The quantitative estimate of drug-likeness (QED) is 0.749. The number of nitrogens with zero attached hydrogens (tertiary/aromatic N) is 1. The Hall–Kier alpha value is -2.15. The first-order chi connectivity index (χ1) is 11.7. The van der Waals surface area contributed by atoms with Gasteiger partial charge in [-0.15, -0.1) is 0 Å². The fourth-order valence-electron chi connectivity index (χ4n) is 3.06. The molecule has 6 nitrogen and oxygen atoms in total. The monoisotopic (exact) mass is 328 g/mol. The van der Waals surface area contributed by atoms with Crippen molar-refractivity contribution in [2.75, 3.05) is 27.2 Å². The Kier molecular flexibility index (Phi) is 5.30. The summed E-state index contributed by atoms with van der Waals surface area (Å²) in [6.45, 7) is 1.12. The Morgan fingerprint density at radius 1 is 1.29 bits per heavy atom. The van der Waals surface area contributed by atoms with Gasteiger partial charge in [0.05, 0.1) is 24.3 Å². The van der Waals surface area contributed by atoms with E-state index in [9.17, 15) is 4.79 Å². The fourth-order valence-corrected chi connectivity index (χ4v) is 3.06. The van der Waals surface area contributed by atoms with E-state index in [1.807, 2.05) is 61.5 Å². The Balaban J connectivity index is 1.64. The molecule has 6 heteroatoms. The number of hydrazine groups is 1. The second kappa shape index (κ2) is 7.61. The van der Waals surface area contributed by atoms with Crippen LogP contribution in [0.3, 0.4) is 0 Å². The molecule has 1 aromatic carbocycles. The van der Waals surface area contributed by atoms with Gasteiger partial charge in [0.2, 0.25) is 5.91 Å². The molecule has 1 amide bonds. The minimum Gasteiger partial charge on any atom is -0.468 e. The van der Waals surface area contributed by atoms with Gasteiger partial charge in [-0.3, -0.25) is 15.1 Å². The number of likely N-dealkylation sites (N-methyl/N-ethyl adjacent to an activating group) is 1. The van der Waals surface area contributed by atoms with E-state index in [0.717, 1.165) is 11.3 Å². The van der Waals surface area contributed by atoms with Gasteiger partial charge in [-0.25, -0.2) is 5.43 Å². The summed E-state index contributed by atoms with van der Waals surface area (Å²) < 4.78 is 5.49. The van der Waals surface area contributed by atoms with Gasteiger partial charge in [-0.2, -0.15) is 0 Å². The molecule has 3 N–H and O–H groups in total. The topological polar surface area (TPSA) is 69.5 Å². The number of furan rings is 1. The molecule has 0 aliphatic carbocycles. The second-order valence-electron chi connectivity index (χ2n) is 6.26. The van der Waals surface area contributed by atoms with Gasteiger partial charge in [0.25, 0.3) is 0 Å². The van der Waals surface area contributed by atoms with Crippen molar-refractivity contribution in [3.8, 4) is 0 Å². The molecular formula is C18H24N4O2. The number of carbonyl (C=O) groups is 1. The summed E-state index contributed by atoms with van der Waals surface area (Å²) in [6, 6.07) is 13.8. The third-order valence-corrected chi connectivity index (χ3v) is 4.44. The van der Waals surface area contributed by atoms with E-state index < -0.39 is 0 Å². The van der Waals surface area contributed by atoms with Crippen LogP contribution in [0.15, 0.2) is 53.1 Å². The Bertz CT molecular complexity index is 642. The average Bonchev–Trinajstić information content (AvgIpc) is 3.27. The SMILES string of the molecule is CN(C)C(CNC(=O)C1CNNC1c1ccccc1)c1ccco1. The normalized spacial score (nSPS) is 21.8. The molecule has 1 aliphatic rings. The van der Waals surface area contributed by atoms with Crippen LogP contribution in [0, 0.1) is 5.92 Å². The molecule has 3 rings (SSSR count). The smallest absolute Gasteiger partial charge is 0.226 e. The van der Waals surface area contributed by atoms with Crippen molar-refractivity contribution in [3.63, 3.8) is 0 Å². The van der Waals surface area contributed by atoms with E-state index in [2.05, 4.69) is 16.2 Å². The molecule has 128 valence electrons. The maximum atomic E-state index is 12.7. The summed E-state index contributed by atoms with van der Waals surface area (Å²) in [5.41, 5.74) is 7.41. The fraction of sp³-hybridized carbons (Fsp3) is 0.389. The van der Waals surface area contributed by atoms with Crippen LogP contribution in [0.4, 0.5) is 0 Å². The summed E-state index contributed by atoms with van der Waals surface area (Å²) in [6.07, 6.45) is 1.66. The lowest BCUT2D eigenvalue weighted by Gasteiger charge is -2.24. The van der Waals surface area contributed by atoms with Crippen molar-refractivity contribution in [3.05, 3.63) is 60.1 Å². The van der Waals surface area contributed by atoms with Gasteiger partial charge < -0.3 is 9.73 Å². The minimum absolute atomic E-state index is 0.0152. The lowest BCUT2D eigenvalue weighted by atomic mass is 9.94. The van der Waals surface area contributed by atoms with E-state index in [0.29, 0.717) is 13.1 Å². The minimum atomic E-state index is -0.146. The highest BCUT2D eigenvalue weighted by atomic mass is 16.3. The summed E-state index contributed by atoms with van der Waals surface area (Å²) in [5, 5.41) is 3.07. The largest absolute Gasteiger partial charge is 0.468 e. The summed E-state index contributed by atoms with van der Waals surface area (Å²) in [4.78, 5) is 14.7. The molecule has 1 fully saturated rings.